The Morgan fingerprint density at radius 2 is 2.16 bits per heavy atom. The molecule has 9 nitrogen and oxygen atoms in total. The van der Waals surface area contributed by atoms with E-state index in [0.717, 1.165) is 42.9 Å². The molecule has 168 valence electrons. The van der Waals surface area contributed by atoms with Gasteiger partial charge in [-0.25, -0.2) is 0 Å². The summed E-state index contributed by atoms with van der Waals surface area (Å²) in [5.41, 5.74) is 3.21. The molecule has 1 aromatic heterocycles. The maximum Gasteiger partial charge on any atom is 0.292 e. The number of rotatable bonds is 9. The first-order valence-electron chi connectivity index (χ1n) is 10.6. The first kappa shape index (κ1) is 23.0. The molecule has 3 rings (SSSR count). The first-order chi connectivity index (χ1) is 15.4. The number of hydrogen-bond donors (Lipinski definition) is 2. The number of aromatic nitrogens is 1. The van der Waals surface area contributed by atoms with Crippen molar-refractivity contribution in [1.82, 2.24) is 9.88 Å². The highest BCUT2D eigenvalue weighted by Gasteiger charge is 2.19. The van der Waals surface area contributed by atoms with Crippen LogP contribution in [-0.2, 0) is 16.1 Å². The minimum Gasteiger partial charge on any atom is -0.378 e. The van der Waals surface area contributed by atoms with Crippen LogP contribution >= 0.6 is 0 Å². The van der Waals surface area contributed by atoms with Gasteiger partial charge in [0.2, 0.25) is 0 Å². The van der Waals surface area contributed by atoms with Crippen LogP contribution in [0.15, 0.2) is 35.9 Å². The summed E-state index contributed by atoms with van der Waals surface area (Å²) in [6, 6.07) is 10.2. The van der Waals surface area contributed by atoms with Crippen molar-refractivity contribution in [3.05, 3.63) is 63.0 Å². The van der Waals surface area contributed by atoms with Crippen molar-refractivity contribution in [3.8, 4) is 6.07 Å². The zero-order valence-corrected chi connectivity index (χ0v) is 18.3. The lowest BCUT2D eigenvalue weighted by molar-refractivity contribution is -0.384. The van der Waals surface area contributed by atoms with Gasteiger partial charge in [-0.15, -0.1) is 0 Å². The van der Waals surface area contributed by atoms with Crippen LogP contribution < -0.4 is 10.6 Å². The lowest BCUT2D eigenvalue weighted by atomic mass is 10.1. The van der Waals surface area contributed by atoms with Crippen LogP contribution in [-0.4, -0.2) is 41.2 Å². The number of nitrogens with one attached hydrogen (secondary N) is 2. The summed E-state index contributed by atoms with van der Waals surface area (Å²) < 4.78 is 7.89. The number of para-hydroxylation sites is 2. The fraction of sp³-hybridized carbons (Fsp3) is 0.391. The molecule has 0 spiro atoms. The molecule has 1 aliphatic rings. The number of benzene rings is 1. The van der Waals surface area contributed by atoms with Crippen LogP contribution in [0.1, 0.15) is 29.8 Å². The molecule has 2 heterocycles. The van der Waals surface area contributed by atoms with E-state index in [0.29, 0.717) is 5.69 Å². The number of hydrogen-bond acceptors (Lipinski definition) is 6. The van der Waals surface area contributed by atoms with Gasteiger partial charge in [-0.2, -0.15) is 5.26 Å². The quantitative estimate of drug-likeness (QED) is 0.204. The summed E-state index contributed by atoms with van der Waals surface area (Å²) in [5, 5.41) is 26.2. The maximum absolute atomic E-state index is 12.5. The number of nitro benzene ring substituents is 1. The Hall–Kier alpha value is -3.64. The minimum absolute atomic E-state index is 0.00746. The van der Waals surface area contributed by atoms with Crippen LogP contribution in [0.2, 0.25) is 0 Å². The standard InChI is InChI=1S/C23H27N5O4/c1-16-12-18(17(2)27(16)15-20-6-5-11-32-20)13-19(14-24)23(29)26-10-9-25-21-7-3-4-8-22(21)28(30)31/h3-4,7-8,12-13,20,25H,5-6,9-11,15H2,1-2H3,(H,26,29)/b19-13+. The van der Waals surface area contributed by atoms with Gasteiger partial charge in [0.15, 0.2) is 0 Å². The second-order valence-corrected chi connectivity index (χ2v) is 7.70. The number of aryl methyl sites for hydroxylation is 1. The van der Waals surface area contributed by atoms with Gasteiger partial charge in [-0.3, -0.25) is 14.9 Å². The number of amides is 1. The van der Waals surface area contributed by atoms with E-state index in [1.807, 2.05) is 26.0 Å². The molecule has 1 saturated heterocycles. The molecular formula is C23H27N5O4. The summed E-state index contributed by atoms with van der Waals surface area (Å²) in [5.74, 6) is -0.485. The van der Waals surface area contributed by atoms with Gasteiger partial charge in [0.25, 0.3) is 11.6 Å². The Bertz CT molecular complexity index is 1060. The fourth-order valence-corrected chi connectivity index (χ4v) is 3.80. The Kier molecular flexibility index (Phi) is 7.63. The van der Waals surface area contributed by atoms with E-state index in [9.17, 15) is 20.2 Å². The Morgan fingerprint density at radius 3 is 2.84 bits per heavy atom. The van der Waals surface area contributed by atoms with Gasteiger partial charge in [-0.1, -0.05) is 12.1 Å². The van der Waals surface area contributed by atoms with Crippen molar-refractivity contribution in [2.45, 2.75) is 39.3 Å². The first-order valence-corrected chi connectivity index (χ1v) is 10.6. The SMILES string of the molecule is Cc1cc(/C=C(\C#N)C(=O)NCCNc2ccccc2[N+](=O)[O-])c(C)n1CC1CCCO1. The molecule has 1 aliphatic heterocycles. The Labute approximate surface area is 186 Å². The van der Waals surface area contributed by atoms with E-state index in [1.165, 1.54) is 6.07 Å². The molecular weight excluding hydrogens is 410 g/mol. The van der Waals surface area contributed by atoms with E-state index in [2.05, 4.69) is 15.2 Å². The Morgan fingerprint density at radius 1 is 1.38 bits per heavy atom. The topological polar surface area (TPSA) is 122 Å². The number of anilines is 1. The molecule has 1 fully saturated rings. The molecule has 2 N–H and O–H groups in total. The predicted octanol–water partition coefficient (Wildman–Crippen LogP) is 3.33. The summed E-state index contributed by atoms with van der Waals surface area (Å²) in [6.45, 7) is 6.02. The molecule has 1 atom stereocenters. The Balaban J connectivity index is 1.60. The van der Waals surface area contributed by atoms with Crippen LogP contribution in [0.5, 0.6) is 0 Å². The number of ether oxygens (including phenoxy) is 1. The zero-order chi connectivity index (χ0) is 23.1. The number of nitro groups is 1. The molecule has 1 amide bonds. The second kappa shape index (κ2) is 10.6. The largest absolute Gasteiger partial charge is 0.378 e. The van der Waals surface area contributed by atoms with Gasteiger partial charge in [0, 0.05) is 43.7 Å². The molecule has 1 aromatic carbocycles. The highest BCUT2D eigenvalue weighted by Crippen LogP contribution is 2.23. The third-order valence-corrected chi connectivity index (χ3v) is 5.51. The molecule has 9 heteroatoms. The van der Waals surface area contributed by atoms with Crippen molar-refractivity contribution in [3.63, 3.8) is 0 Å². The van der Waals surface area contributed by atoms with E-state index in [4.69, 9.17) is 4.74 Å². The van der Waals surface area contributed by atoms with Crippen molar-refractivity contribution < 1.29 is 14.5 Å². The lowest BCUT2D eigenvalue weighted by Crippen LogP contribution is -2.29. The van der Waals surface area contributed by atoms with Crippen LogP contribution in [0.3, 0.4) is 0 Å². The van der Waals surface area contributed by atoms with E-state index >= 15 is 0 Å². The van der Waals surface area contributed by atoms with Gasteiger partial charge >= 0.3 is 0 Å². The van der Waals surface area contributed by atoms with Crippen LogP contribution in [0, 0.1) is 35.3 Å². The molecule has 32 heavy (non-hydrogen) atoms. The lowest BCUT2D eigenvalue weighted by Gasteiger charge is -2.14. The third kappa shape index (κ3) is 5.53. The van der Waals surface area contributed by atoms with Crippen LogP contribution in [0.4, 0.5) is 11.4 Å². The number of nitriles is 1. The highest BCUT2D eigenvalue weighted by atomic mass is 16.6. The van der Waals surface area contributed by atoms with Gasteiger partial charge in [-0.05, 0) is 50.5 Å². The average Bonchev–Trinajstić information content (AvgIpc) is 3.39. The normalized spacial score (nSPS) is 15.9. The highest BCUT2D eigenvalue weighted by molar-refractivity contribution is 6.01. The smallest absolute Gasteiger partial charge is 0.292 e. The van der Waals surface area contributed by atoms with Gasteiger partial charge < -0.3 is 19.9 Å². The third-order valence-electron chi connectivity index (χ3n) is 5.51. The number of carbonyl (C=O) groups excluding carboxylic acids is 1. The summed E-state index contributed by atoms with van der Waals surface area (Å²) >= 11 is 0. The molecule has 0 radical (unpaired) electrons. The van der Waals surface area contributed by atoms with Crippen molar-refractivity contribution in [2.75, 3.05) is 25.0 Å². The van der Waals surface area contributed by atoms with Crippen molar-refractivity contribution >= 4 is 23.4 Å². The molecule has 0 bridgehead atoms. The molecule has 0 aliphatic carbocycles. The van der Waals surface area contributed by atoms with E-state index in [-0.39, 0.29) is 30.5 Å². The minimum atomic E-state index is -0.485. The second-order valence-electron chi connectivity index (χ2n) is 7.70. The number of nitrogens with zero attached hydrogens (tertiary/aromatic N) is 3. The summed E-state index contributed by atoms with van der Waals surface area (Å²) in [7, 11) is 0. The summed E-state index contributed by atoms with van der Waals surface area (Å²) in [6.07, 6.45) is 3.90. The van der Waals surface area contributed by atoms with Crippen molar-refractivity contribution in [1.29, 1.82) is 5.26 Å². The monoisotopic (exact) mass is 437 g/mol. The zero-order valence-electron chi connectivity index (χ0n) is 18.3. The van der Waals surface area contributed by atoms with E-state index < -0.39 is 10.8 Å². The van der Waals surface area contributed by atoms with Gasteiger partial charge in [0.05, 0.1) is 11.0 Å². The van der Waals surface area contributed by atoms with Crippen LogP contribution in [0.25, 0.3) is 6.08 Å². The fourth-order valence-electron chi connectivity index (χ4n) is 3.80. The summed E-state index contributed by atoms with van der Waals surface area (Å²) in [4.78, 5) is 23.1. The molecule has 0 saturated carbocycles. The average molecular weight is 438 g/mol. The van der Waals surface area contributed by atoms with Crippen molar-refractivity contribution in [2.24, 2.45) is 0 Å². The molecule has 2 aromatic rings. The maximum atomic E-state index is 12.5. The molecule has 1 unspecified atom stereocenters. The van der Waals surface area contributed by atoms with E-state index in [1.54, 1.807) is 24.3 Å². The van der Waals surface area contributed by atoms with Gasteiger partial charge in [0.1, 0.15) is 17.3 Å². The predicted molar refractivity (Wildman–Crippen MR) is 121 cm³/mol. The number of carbonyl (C=O) groups is 1.